The molecule has 1 aromatic heterocycles. The summed E-state index contributed by atoms with van der Waals surface area (Å²) in [5, 5.41) is 1.63. The van der Waals surface area contributed by atoms with E-state index >= 15 is 0 Å². The molecule has 0 aliphatic carbocycles. The van der Waals surface area contributed by atoms with Crippen molar-refractivity contribution in [3.8, 4) is 0 Å². The molecule has 0 radical (unpaired) electrons. The Balaban J connectivity index is 1.81. The van der Waals surface area contributed by atoms with Gasteiger partial charge in [0.2, 0.25) is 0 Å². The predicted molar refractivity (Wildman–Crippen MR) is 96.5 cm³/mol. The Bertz CT molecular complexity index is 954. The first-order valence-corrected chi connectivity index (χ1v) is 8.21. The van der Waals surface area contributed by atoms with Crippen LogP contribution in [0.5, 0.6) is 0 Å². The predicted octanol–water partition coefficient (Wildman–Crippen LogP) is 3.55. The summed E-state index contributed by atoms with van der Waals surface area (Å²) in [4.78, 5) is 18.8. The van der Waals surface area contributed by atoms with Gasteiger partial charge in [-0.3, -0.25) is 4.79 Å². The van der Waals surface area contributed by atoms with E-state index in [0.717, 1.165) is 28.9 Å². The topological polar surface area (TPSA) is 59.2 Å². The minimum absolute atomic E-state index is 0.458. The van der Waals surface area contributed by atoms with Crippen molar-refractivity contribution in [2.24, 2.45) is 5.73 Å². The summed E-state index contributed by atoms with van der Waals surface area (Å²) >= 11 is 6.12. The molecule has 120 valence electrons. The standard InChI is InChI=1S/C19H16ClN3O/c20-15-6-5-12-7-8-23(11-14(12)9-15)19-16(18(21)24)10-13-3-1-2-4-17(13)22-19/h1-6,9-10H,7-8,11H2,(H2,21,24). The molecule has 0 atom stereocenters. The molecule has 0 unspecified atom stereocenters. The molecule has 1 aliphatic heterocycles. The summed E-state index contributed by atoms with van der Waals surface area (Å²) < 4.78 is 0. The smallest absolute Gasteiger partial charge is 0.252 e. The van der Waals surface area contributed by atoms with Crippen LogP contribution in [0.3, 0.4) is 0 Å². The minimum Gasteiger partial charge on any atom is -0.365 e. The Morgan fingerprint density at radius 1 is 1.12 bits per heavy atom. The number of benzene rings is 2. The largest absolute Gasteiger partial charge is 0.365 e. The Labute approximate surface area is 144 Å². The van der Waals surface area contributed by atoms with Crippen molar-refractivity contribution >= 4 is 34.2 Å². The van der Waals surface area contributed by atoms with Crippen molar-refractivity contribution in [3.05, 3.63) is 70.2 Å². The summed E-state index contributed by atoms with van der Waals surface area (Å²) in [6, 6.07) is 15.5. The van der Waals surface area contributed by atoms with Crippen LogP contribution in [-0.2, 0) is 13.0 Å². The highest BCUT2D eigenvalue weighted by atomic mass is 35.5. The number of nitrogens with zero attached hydrogens (tertiary/aromatic N) is 2. The zero-order valence-corrected chi connectivity index (χ0v) is 13.8. The van der Waals surface area contributed by atoms with Crippen LogP contribution in [0.2, 0.25) is 5.02 Å². The number of hydrogen-bond acceptors (Lipinski definition) is 3. The first-order chi connectivity index (χ1) is 11.6. The van der Waals surface area contributed by atoms with E-state index in [1.54, 1.807) is 0 Å². The molecule has 5 heteroatoms. The second kappa shape index (κ2) is 5.80. The van der Waals surface area contributed by atoms with E-state index in [4.69, 9.17) is 22.3 Å². The number of hydrogen-bond donors (Lipinski definition) is 1. The Morgan fingerprint density at radius 2 is 1.96 bits per heavy atom. The number of pyridine rings is 1. The zero-order chi connectivity index (χ0) is 16.7. The highest BCUT2D eigenvalue weighted by molar-refractivity contribution is 6.30. The van der Waals surface area contributed by atoms with Gasteiger partial charge in [-0.1, -0.05) is 35.9 Å². The molecule has 2 heterocycles. The van der Waals surface area contributed by atoms with Crippen molar-refractivity contribution < 1.29 is 4.79 Å². The molecule has 4 nitrogen and oxygen atoms in total. The Kier molecular flexibility index (Phi) is 3.62. The molecular weight excluding hydrogens is 322 g/mol. The van der Waals surface area contributed by atoms with Crippen LogP contribution in [0.25, 0.3) is 10.9 Å². The third-order valence-corrected chi connectivity index (χ3v) is 4.68. The van der Waals surface area contributed by atoms with Gasteiger partial charge in [-0.15, -0.1) is 0 Å². The second-order valence-electron chi connectivity index (χ2n) is 6.00. The Hall–Kier alpha value is -2.59. The van der Waals surface area contributed by atoms with E-state index in [9.17, 15) is 4.79 Å². The van der Waals surface area contributed by atoms with E-state index in [-0.39, 0.29) is 0 Å². The number of nitrogens with two attached hydrogens (primary N) is 1. The molecule has 2 aromatic carbocycles. The van der Waals surface area contributed by atoms with Gasteiger partial charge >= 0.3 is 0 Å². The number of carbonyl (C=O) groups is 1. The van der Waals surface area contributed by atoms with Crippen molar-refractivity contribution in [2.45, 2.75) is 13.0 Å². The minimum atomic E-state index is -0.458. The number of rotatable bonds is 2. The average molecular weight is 338 g/mol. The van der Waals surface area contributed by atoms with Crippen LogP contribution in [-0.4, -0.2) is 17.4 Å². The fraction of sp³-hybridized carbons (Fsp3) is 0.158. The molecule has 0 spiro atoms. The van der Waals surface area contributed by atoms with Crippen LogP contribution in [0.15, 0.2) is 48.5 Å². The van der Waals surface area contributed by atoms with Crippen LogP contribution >= 0.6 is 11.6 Å². The molecule has 1 aliphatic rings. The van der Waals surface area contributed by atoms with Gasteiger partial charge in [-0.25, -0.2) is 4.98 Å². The summed E-state index contributed by atoms with van der Waals surface area (Å²) in [5.41, 5.74) is 9.37. The van der Waals surface area contributed by atoms with E-state index in [2.05, 4.69) is 11.0 Å². The summed E-state index contributed by atoms with van der Waals surface area (Å²) in [6.45, 7) is 1.46. The quantitative estimate of drug-likeness (QED) is 0.778. The third-order valence-electron chi connectivity index (χ3n) is 4.45. The third kappa shape index (κ3) is 2.59. The fourth-order valence-corrected chi connectivity index (χ4v) is 3.43. The molecule has 2 N–H and O–H groups in total. The molecule has 4 rings (SSSR count). The van der Waals surface area contributed by atoms with E-state index < -0.39 is 5.91 Å². The van der Waals surface area contributed by atoms with Gasteiger partial charge in [-0.05, 0) is 41.8 Å². The SMILES string of the molecule is NC(=O)c1cc2ccccc2nc1N1CCc2ccc(Cl)cc2C1. The Morgan fingerprint density at radius 3 is 2.79 bits per heavy atom. The maximum absolute atomic E-state index is 11.9. The van der Waals surface area contributed by atoms with Gasteiger partial charge in [-0.2, -0.15) is 0 Å². The van der Waals surface area contributed by atoms with E-state index in [1.807, 2.05) is 42.5 Å². The lowest BCUT2D eigenvalue weighted by atomic mass is 9.99. The zero-order valence-electron chi connectivity index (χ0n) is 13.0. The van der Waals surface area contributed by atoms with Crippen LogP contribution in [0.4, 0.5) is 5.82 Å². The highest BCUT2D eigenvalue weighted by Gasteiger charge is 2.22. The van der Waals surface area contributed by atoms with Crippen molar-refractivity contribution in [3.63, 3.8) is 0 Å². The number of aromatic nitrogens is 1. The van der Waals surface area contributed by atoms with Gasteiger partial charge in [0.15, 0.2) is 0 Å². The fourth-order valence-electron chi connectivity index (χ4n) is 3.23. The first kappa shape index (κ1) is 15.0. The molecule has 1 amide bonds. The van der Waals surface area contributed by atoms with E-state index in [1.165, 1.54) is 11.1 Å². The van der Waals surface area contributed by atoms with Gasteiger partial charge in [0.25, 0.3) is 5.91 Å². The number of primary amides is 1. The number of para-hydroxylation sites is 1. The van der Waals surface area contributed by atoms with Crippen molar-refractivity contribution in [1.29, 1.82) is 0 Å². The molecular formula is C19H16ClN3O. The van der Waals surface area contributed by atoms with Crippen molar-refractivity contribution in [2.75, 3.05) is 11.4 Å². The number of halogens is 1. The maximum atomic E-state index is 11.9. The lowest BCUT2D eigenvalue weighted by molar-refractivity contribution is 0.100. The lowest BCUT2D eigenvalue weighted by Gasteiger charge is -2.31. The van der Waals surface area contributed by atoms with Gasteiger partial charge < -0.3 is 10.6 Å². The van der Waals surface area contributed by atoms with Gasteiger partial charge in [0, 0.05) is 23.5 Å². The molecule has 24 heavy (non-hydrogen) atoms. The van der Waals surface area contributed by atoms with Crippen LogP contribution < -0.4 is 10.6 Å². The number of amides is 1. The first-order valence-electron chi connectivity index (χ1n) is 7.83. The number of fused-ring (bicyclic) bond motifs is 2. The molecule has 3 aromatic rings. The molecule has 0 saturated heterocycles. The van der Waals surface area contributed by atoms with Gasteiger partial charge in [0.1, 0.15) is 5.82 Å². The monoisotopic (exact) mass is 337 g/mol. The van der Waals surface area contributed by atoms with Crippen LogP contribution in [0.1, 0.15) is 21.5 Å². The summed E-state index contributed by atoms with van der Waals surface area (Å²) in [7, 11) is 0. The normalized spacial score (nSPS) is 13.8. The second-order valence-corrected chi connectivity index (χ2v) is 6.44. The average Bonchev–Trinajstić information content (AvgIpc) is 2.59. The maximum Gasteiger partial charge on any atom is 0.252 e. The molecule has 0 saturated carbocycles. The molecule has 0 fully saturated rings. The lowest BCUT2D eigenvalue weighted by Crippen LogP contribution is -2.33. The number of carbonyl (C=O) groups excluding carboxylic acids is 1. The van der Waals surface area contributed by atoms with Crippen molar-refractivity contribution in [1.82, 2.24) is 4.98 Å². The van der Waals surface area contributed by atoms with E-state index in [0.29, 0.717) is 17.9 Å². The summed E-state index contributed by atoms with van der Waals surface area (Å²) in [5.74, 6) is 0.187. The molecule has 0 bridgehead atoms. The highest BCUT2D eigenvalue weighted by Crippen LogP contribution is 2.29. The summed E-state index contributed by atoms with van der Waals surface area (Å²) in [6.07, 6.45) is 0.888. The van der Waals surface area contributed by atoms with Crippen LogP contribution in [0, 0.1) is 0 Å². The van der Waals surface area contributed by atoms with Gasteiger partial charge in [0.05, 0.1) is 11.1 Å². The number of anilines is 1.